The summed E-state index contributed by atoms with van der Waals surface area (Å²) in [5.74, 6) is -0.0723. The molecular weight excluding hydrogens is 370 g/mol. The lowest BCUT2D eigenvalue weighted by Crippen LogP contribution is -2.49. The Bertz CT molecular complexity index is 797. The van der Waals surface area contributed by atoms with Crippen molar-refractivity contribution in [2.24, 2.45) is 5.41 Å². The van der Waals surface area contributed by atoms with Gasteiger partial charge in [-0.2, -0.15) is 0 Å². The number of ether oxygens (including phenoxy) is 1. The van der Waals surface area contributed by atoms with Gasteiger partial charge in [0.15, 0.2) is 5.16 Å². The highest BCUT2D eigenvalue weighted by Gasteiger charge is 2.43. The fourth-order valence-electron chi connectivity index (χ4n) is 3.99. The van der Waals surface area contributed by atoms with E-state index >= 15 is 0 Å². The third-order valence-electron chi connectivity index (χ3n) is 5.42. The maximum absolute atomic E-state index is 13.0. The Morgan fingerprint density at radius 1 is 1.29 bits per heavy atom. The fourth-order valence-corrected chi connectivity index (χ4v) is 4.31. The van der Waals surface area contributed by atoms with Crippen LogP contribution in [0.1, 0.15) is 36.5 Å². The number of nitrogens with zero attached hydrogens (tertiary/aromatic N) is 3. The van der Waals surface area contributed by atoms with Crippen molar-refractivity contribution in [1.29, 1.82) is 0 Å². The van der Waals surface area contributed by atoms with Gasteiger partial charge < -0.3 is 4.74 Å². The normalized spacial score (nSPS) is 20.1. The lowest BCUT2D eigenvalue weighted by Gasteiger charge is -2.41. The van der Waals surface area contributed by atoms with Crippen molar-refractivity contribution >= 4 is 17.7 Å². The quantitative estimate of drug-likeness (QED) is 0.400. The Kier molecular flexibility index (Phi) is 7.08. The van der Waals surface area contributed by atoms with Crippen LogP contribution in [0.2, 0.25) is 0 Å². The maximum Gasteiger partial charge on any atom is 0.313 e. The summed E-state index contributed by atoms with van der Waals surface area (Å²) in [6.45, 7) is 6.83. The van der Waals surface area contributed by atoms with Gasteiger partial charge in [-0.05, 0) is 57.0 Å². The summed E-state index contributed by atoms with van der Waals surface area (Å²) in [5.41, 5.74) is 3.03. The predicted octanol–water partition coefficient (Wildman–Crippen LogP) is 3.89. The Morgan fingerprint density at radius 3 is 2.71 bits per heavy atom. The zero-order valence-corrected chi connectivity index (χ0v) is 17.8. The van der Waals surface area contributed by atoms with Crippen LogP contribution in [0.15, 0.2) is 41.8 Å². The topological polar surface area (TPSA) is 55.3 Å². The minimum absolute atomic E-state index is 0.0723. The molecule has 3 rings (SSSR count). The number of benzene rings is 1. The second-order valence-electron chi connectivity index (χ2n) is 7.50. The average Bonchev–Trinajstić information content (AvgIpc) is 2.71. The summed E-state index contributed by atoms with van der Waals surface area (Å²) < 4.78 is 5.53. The van der Waals surface area contributed by atoms with E-state index in [9.17, 15) is 4.79 Å². The number of likely N-dealkylation sites (tertiary alicyclic amines) is 1. The van der Waals surface area contributed by atoms with E-state index in [1.54, 1.807) is 0 Å². The first-order valence-corrected chi connectivity index (χ1v) is 11.1. The van der Waals surface area contributed by atoms with Crippen molar-refractivity contribution < 1.29 is 9.53 Å². The van der Waals surface area contributed by atoms with Gasteiger partial charge in [-0.1, -0.05) is 36.0 Å². The van der Waals surface area contributed by atoms with Gasteiger partial charge in [-0.3, -0.25) is 9.69 Å². The van der Waals surface area contributed by atoms with E-state index in [0.717, 1.165) is 43.1 Å². The molecule has 0 radical (unpaired) electrons. The minimum atomic E-state index is -0.500. The van der Waals surface area contributed by atoms with Gasteiger partial charge in [0.25, 0.3) is 0 Å². The van der Waals surface area contributed by atoms with Crippen molar-refractivity contribution in [3.05, 3.63) is 53.3 Å². The number of hydrogen-bond acceptors (Lipinski definition) is 6. The first-order valence-electron chi connectivity index (χ1n) is 9.85. The monoisotopic (exact) mass is 399 g/mol. The van der Waals surface area contributed by atoms with Crippen LogP contribution < -0.4 is 0 Å². The molecule has 5 nitrogen and oxygen atoms in total. The molecule has 1 atom stereocenters. The summed E-state index contributed by atoms with van der Waals surface area (Å²) in [5, 5.41) is 0.780. The van der Waals surface area contributed by atoms with Gasteiger partial charge in [-0.15, -0.1) is 0 Å². The molecule has 0 bridgehead atoms. The van der Waals surface area contributed by atoms with Gasteiger partial charge in [-0.25, -0.2) is 9.97 Å². The van der Waals surface area contributed by atoms with E-state index in [-0.39, 0.29) is 5.97 Å². The number of esters is 1. The summed E-state index contributed by atoms with van der Waals surface area (Å²) in [7, 11) is 0. The molecule has 150 valence electrons. The molecule has 1 fully saturated rings. The molecule has 1 unspecified atom stereocenters. The lowest BCUT2D eigenvalue weighted by atomic mass is 9.74. The molecule has 0 N–H and O–H groups in total. The number of hydrogen-bond donors (Lipinski definition) is 0. The summed E-state index contributed by atoms with van der Waals surface area (Å²) in [6, 6.07) is 8.33. The van der Waals surface area contributed by atoms with Crippen LogP contribution in [-0.2, 0) is 22.5 Å². The highest BCUT2D eigenvalue weighted by molar-refractivity contribution is 7.98. The standard InChI is InChI=1S/C22H29N3O2S/c1-4-27-20(26)22(12-19-9-6-5-8-17(19)2)10-7-11-25(16-22)15-18-13-23-21(28-3)24-14-18/h5-6,8-9,13-14H,4,7,10-12,15-16H2,1-3H3. The van der Waals surface area contributed by atoms with E-state index in [4.69, 9.17) is 4.74 Å². The molecule has 0 aliphatic carbocycles. The molecular formula is C22H29N3O2S. The first-order chi connectivity index (χ1) is 13.6. The molecule has 28 heavy (non-hydrogen) atoms. The van der Waals surface area contributed by atoms with Crippen LogP contribution in [0.3, 0.4) is 0 Å². The van der Waals surface area contributed by atoms with E-state index in [1.165, 1.54) is 22.9 Å². The van der Waals surface area contributed by atoms with E-state index in [1.807, 2.05) is 37.7 Å². The fraction of sp³-hybridized carbons (Fsp3) is 0.500. The highest BCUT2D eigenvalue weighted by atomic mass is 32.2. The number of thioether (sulfide) groups is 1. The molecule has 1 aliphatic heterocycles. The van der Waals surface area contributed by atoms with Crippen molar-refractivity contribution in [2.75, 3.05) is 26.0 Å². The predicted molar refractivity (Wildman–Crippen MR) is 112 cm³/mol. The van der Waals surface area contributed by atoms with Crippen LogP contribution in [-0.4, -0.2) is 46.8 Å². The molecule has 6 heteroatoms. The molecule has 1 aromatic carbocycles. The largest absolute Gasteiger partial charge is 0.466 e. The molecule has 0 amide bonds. The lowest BCUT2D eigenvalue weighted by molar-refractivity contribution is -0.159. The third-order valence-corrected chi connectivity index (χ3v) is 6.00. The van der Waals surface area contributed by atoms with E-state index < -0.39 is 5.41 Å². The molecule has 1 aromatic heterocycles. The summed E-state index contributed by atoms with van der Waals surface area (Å²) in [6.07, 6.45) is 8.31. The average molecular weight is 400 g/mol. The molecule has 1 saturated heterocycles. The first kappa shape index (κ1) is 20.8. The third kappa shape index (κ3) is 4.92. The van der Waals surface area contributed by atoms with Gasteiger partial charge in [0.2, 0.25) is 0 Å². The van der Waals surface area contributed by atoms with Crippen molar-refractivity contribution in [2.45, 2.75) is 44.8 Å². The number of aryl methyl sites for hydroxylation is 1. The van der Waals surface area contributed by atoms with Crippen molar-refractivity contribution in [1.82, 2.24) is 14.9 Å². The van der Waals surface area contributed by atoms with Gasteiger partial charge in [0.05, 0.1) is 12.0 Å². The van der Waals surface area contributed by atoms with Crippen LogP contribution in [0.25, 0.3) is 0 Å². The number of rotatable bonds is 7. The molecule has 0 saturated carbocycles. The number of aromatic nitrogens is 2. The SMILES string of the molecule is CCOC(=O)C1(Cc2ccccc2C)CCCN(Cc2cnc(SC)nc2)C1. The Morgan fingerprint density at radius 2 is 2.04 bits per heavy atom. The maximum atomic E-state index is 13.0. The zero-order chi connectivity index (χ0) is 20.0. The number of piperidine rings is 1. The van der Waals surface area contributed by atoms with Crippen LogP contribution >= 0.6 is 11.8 Å². The smallest absolute Gasteiger partial charge is 0.313 e. The number of carbonyl (C=O) groups excluding carboxylic acids is 1. The van der Waals surface area contributed by atoms with Crippen molar-refractivity contribution in [3.63, 3.8) is 0 Å². The van der Waals surface area contributed by atoms with Crippen molar-refractivity contribution in [3.8, 4) is 0 Å². The Balaban J connectivity index is 1.80. The zero-order valence-electron chi connectivity index (χ0n) is 17.0. The number of carbonyl (C=O) groups is 1. The Hall–Kier alpha value is -1.92. The summed E-state index contributed by atoms with van der Waals surface area (Å²) >= 11 is 1.54. The minimum Gasteiger partial charge on any atom is -0.466 e. The van der Waals surface area contributed by atoms with Crippen LogP contribution in [0.4, 0.5) is 0 Å². The summed E-state index contributed by atoms with van der Waals surface area (Å²) in [4.78, 5) is 24.1. The van der Waals surface area contributed by atoms with Gasteiger partial charge >= 0.3 is 5.97 Å². The molecule has 2 heterocycles. The molecule has 0 spiro atoms. The second kappa shape index (κ2) is 9.52. The Labute approximate surface area is 171 Å². The highest BCUT2D eigenvalue weighted by Crippen LogP contribution is 2.36. The molecule has 1 aliphatic rings. The van der Waals surface area contributed by atoms with E-state index in [2.05, 4.69) is 33.9 Å². The van der Waals surface area contributed by atoms with Crippen LogP contribution in [0.5, 0.6) is 0 Å². The van der Waals surface area contributed by atoms with E-state index in [0.29, 0.717) is 13.2 Å². The second-order valence-corrected chi connectivity index (χ2v) is 8.27. The van der Waals surface area contributed by atoms with Crippen LogP contribution in [0, 0.1) is 12.3 Å². The molecule has 2 aromatic rings. The van der Waals surface area contributed by atoms with Gasteiger partial charge in [0.1, 0.15) is 0 Å². The van der Waals surface area contributed by atoms with Gasteiger partial charge in [0, 0.05) is 31.0 Å².